The molecule has 7 heavy (non-hydrogen) atoms. The van der Waals surface area contributed by atoms with Crippen LogP contribution >= 0.6 is 0 Å². The lowest BCUT2D eigenvalue weighted by Crippen LogP contribution is -2.24. The summed E-state index contributed by atoms with van der Waals surface area (Å²) in [5.41, 5.74) is 0. The standard InChI is InChI=1S/C4H9O3/c1-4(6,7)2-3-5/h5-7H,1-3H2. The zero-order valence-electron chi connectivity index (χ0n) is 3.96. The average molecular weight is 105 g/mol. The first-order valence-corrected chi connectivity index (χ1v) is 1.97. The molecule has 0 saturated carbocycles. The van der Waals surface area contributed by atoms with Gasteiger partial charge in [-0.05, 0) is 0 Å². The summed E-state index contributed by atoms with van der Waals surface area (Å²) >= 11 is 0. The van der Waals surface area contributed by atoms with Gasteiger partial charge in [0.25, 0.3) is 0 Å². The maximum Gasteiger partial charge on any atom is 0.164 e. The smallest absolute Gasteiger partial charge is 0.164 e. The van der Waals surface area contributed by atoms with Crippen LogP contribution in [0.1, 0.15) is 6.42 Å². The molecule has 3 N–H and O–H groups in total. The van der Waals surface area contributed by atoms with Crippen molar-refractivity contribution in [2.24, 2.45) is 0 Å². The van der Waals surface area contributed by atoms with E-state index in [0.29, 0.717) is 0 Å². The van der Waals surface area contributed by atoms with Crippen molar-refractivity contribution in [3.63, 3.8) is 0 Å². The third-order valence-corrected chi connectivity index (χ3v) is 0.512. The van der Waals surface area contributed by atoms with E-state index in [1.165, 1.54) is 0 Å². The Balaban J connectivity index is 3.15. The van der Waals surface area contributed by atoms with E-state index in [0.717, 1.165) is 0 Å². The SMILES string of the molecule is [CH2]C(O)(O)CCO. The molecule has 3 heteroatoms. The van der Waals surface area contributed by atoms with E-state index in [1.54, 1.807) is 0 Å². The second kappa shape index (κ2) is 2.26. The first-order chi connectivity index (χ1) is 3.06. The van der Waals surface area contributed by atoms with Gasteiger partial charge >= 0.3 is 0 Å². The molecule has 0 aromatic rings. The lowest BCUT2D eigenvalue weighted by molar-refractivity contribution is -0.131. The summed E-state index contributed by atoms with van der Waals surface area (Å²) in [7, 11) is 0. The van der Waals surface area contributed by atoms with E-state index in [1.807, 2.05) is 0 Å². The Morgan fingerprint density at radius 1 is 1.43 bits per heavy atom. The number of hydrogen-bond acceptors (Lipinski definition) is 3. The van der Waals surface area contributed by atoms with Crippen molar-refractivity contribution in [1.29, 1.82) is 0 Å². The van der Waals surface area contributed by atoms with Crippen molar-refractivity contribution in [1.82, 2.24) is 0 Å². The summed E-state index contributed by atoms with van der Waals surface area (Å²) in [6.45, 7) is 2.66. The highest BCUT2D eigenvalue weighted by Gasteiger charge is 2.12. The zero-order valence-corrected chi connectivity index (χ0v) is 3.96. The van der Waals surface area contributed by atoms with Crippen LogP contribution in [0.2, 0.25) is 0 Å². The van der Waals surface area contributed by atoms with Crippen molar-refractivity contribution in [3.8, 4) is 0 Å². The predicted octanol–water partition coefficient (Wildman–Crippen LogP) is -1.12. The molecule has 0 aliphatic carbocycles. The van der Waals surface area contributed by atoms with E-state index in [-0.39, 0.29) is 13.0 Å². The van der Waals surface area contributed by atoms with E-state index in [9.17, 15) is 0 Å². The molecule has 0 rings (SSSR count). The predicted molar refractivity (Wildman–Crippen MR) is 24.2 cm³/mol. The molecule has 0 aliphatic heterocycles. The van der Waals surface area contributed by atoms with Gasteiger partial charge < -0.3 is 15.3 Å². The quantitative estimate of drug-likeness (QED) is 0.390. The van der Waals surface area contributed by atoms with Gasteiger partial charge in [0.05, 0.1) is 0 Å². The Morgan fingerprint density at radius 3 is 1.86 bits per heavy atom. The van der Waals surface area contributed by atoms with Gasteiger partial charge in [0, 0.05) is 20.0 Å². The summed E-state index contributed by atoms with van der Waals surface area (Å²) in [5.74, 6) is -1.95. The van der Waals surface area contributed by atoms with Gasteiger partial charge in [-0.15, -0.1) is 0 Å². The minimum absolute atomic E-state index is 0.104. The molecule has 0 amide bonds. The van der Waals surface area contributed by atoms with Crippen LogP contribution in [0.4, 0.5) is 0 Å². The van der Waals surface area contributed by atoms with Crippen molar-refractivity contribution < 1.29 is 15.3 Å². The third-order valence-electron chi connectivity index (χ3n) is 0.512. The van der Waals surface area contributed by atoms with Gasteiger partial charge in [0.1, 0.15) is 0 Å². The van der Waals surface area contributed by atoms with Gasteiger partial charge in [0.2, 0.25) is 0 Å². The summed E-state index contributed by atoms with van der Waals surface area (Å²) in [4.78, 5) is 0. The maximum absolute atomic E-state index is 8.30. The summed E-state index contributed by atoms with van der Waals surface area (Å²) in [5, 5.41) is 24.6. The minimum Gasteiger partial charge on any atom is -0.396 e. The molecule has 0 heterocycles. The maximum atomic E-state index is 8.30. The molecule has 0 aromatic heterocycles. The van der Waals surface area contributed by atoms with Gasteiger partial charge in [-0.25, -0.2) is 0 Å². The molecular weight excluding hydrogens is 96.0 g/mol. The molecule has 0 spiro atoms. The Bertz CT molecular complexity index is 45.4. The van der Waals surface area contributed by atoms with Crippen molar-refractivity contribution in [2.45, 2.75) is 12.2 Å². The molecule has 43 valence electrons. The molecule has 1 radical (unpaired) electrons. The Hall–Kier alpha value is -0.120. The van der Waals surface area contributed by atoms with Crippen LogP contribution in [0.3, 0.4) is 0 Å². The first-order valence-electron chi connectivity index (χ1n) is 1.97. The lowest BCUT2D eigenvalue weighted by atomic mass is 10.2. The highest BCUT2D eigenvalue weighted by atomic mass is 16.5. The van der Waals surface area contributed by atoms with Gasteiger partial charge in [-0.1, -0.05) is 0 Å². The van der Waals surface area contributed by atoms with Crippen LogP contribution in [-0.4, -0.2) is 27.7 Å². The minimum atomic E-state index is -1.95. The van der Waals surface area contributed by atoms with Crippen LogP contribution in [-0.2, 0) is 0 Å². The van der Waals surface area contributed by atoms with Gasteiger partial charge in [0.15, 0.2) is 5.79 Å². The highest BCUT2D eigenvalue weighted by molar-refractivity contribution is 4.64. The number of aliphatic hydroxyl groups is 3. The summed E-state index contributed by atoms with van der Waals surface area (Å²) in [6, 6.07) is 0. The normalized spacial score (nSPS) is 12.0. The van der Waals surface area contributed by atoms with E-state index in [2.05, 4.69) is 6.92 Å². The van der Waals surface area contributed by atoms with Gasteiger partial charge in [-0.3, -0.25) is 0 Å². The second-order valence-corrected chi connectivity index (χ2v) is 1.46. The molecule has 3 nitrogen and oxygen atoms in total. The number of rotatable bonds is 2. The summed E-state index contributed by atoms with van der Waals surface area (Å²) < 4.78 is 0. The fourth-order valence-electron chi connectivity index (χ4n) is 0.179. The molecule has 0 atom stereocenters. The highest BCUT2D eigenvalue weighted by Crippen LogP contribution is 1.99. The third kappa shape index (κ3) is 5.88. The Morgan fingerprint density at radius 2 is 1.86 bits per heavy atom. The molecule has 0 saturated heterocycles. The van der Waals surface area contributed by atoms with Crippen LogP contribution in [0.15, 0.2) is 0 Å². The number of hydrogen-bond donors (Lipinski definition) is 3. The molecule has 0 bridgehead atoms. The Labute approximate surface area is 42.2 Å². The van der Waals surface area contributed by atoms with Crippen LogP contribution in [0.25, 0.3) is 0 Å². The fraction of sp³-hybridized carbons (Fsp3) is 0.750. The lowest BCUT2D eigenvalue weighted by Gasteiger charge is -2.11. The van der Waals surface area contributed by atoms with Crippen molar-refractivity contribution >= 4 is 0 Å². The van der Waals surface area contributed by atoms with Crippen LogP contribution in [0.5, 0.6) is 0 Å². The van der Waals surface area contributed by atoms with E-state index >= 15 is 0 Å². The topological polar surface area (TPSA) is 60.7 Å². The fourth-order valence-corrected chi connectivity index (χ4v) is 0.179. The van der Waals surface area contributed by atoms with Crippen molar-refractivity contribution in [3.05, 3.63) is 6.92 Å². The Kier molecular flexibility index (Phi) is 2.22. The molecule has 0 aromatic carbocycles. The molecule has 0 unspecified atom stereocenters. The van der Waals surface area contributed by atoms with Crippen molar-refractivity contribution in [2.75, 3.05) is 6.61 Å². The van der Waals surface area contributed by atoms with Crippen LogP contribution < -0.4 is 0 Å². The molecule has 0 aliphatic rings. The monoisotopic (exact) mass is 105 g/mol. The molecular formula is C4H9O3. The zero-order chi connectivity index (χ0) is 5.91. The largest absolute Gasteiger partial charge is 0.396 e. The average Bonchev–Trinajstić information content (AvgIpc) is 1.30. The van der Waals surface area contributed by atoms with E-state index < -0.39 is 5.79 Å². The van der Waals surface area contributed by atoms with Crippen LogP contribution in [0, 0.1) is 6.92 Å². The molecule has 0 fully saturated rings. The van der Waals surface area contributed by atoms with E-state index in [4.69, 9.17) is 15.3 Å². The number of aliphatic hydroxyl groups excluding tert-OH is 1. The first kappa shape index (κ1) is 6.88. The second-order valence-electron chi connectivity index (χ2n) is 1.46. The summed E-state index contributed by atoms with van der Waals surface area (Å²) in [6.07, 6.45) is -0.104. The van der Waals surface area contributed by atoms with Gasteiger partial charge in [-0.2, -0.15) is 0 Å².